The molecular formula is C26H29FN6O2. The Balaban J connectivity index is 1.36. The van der Waals surface area contributed by atoms with E-state index in [1.807, 2.05) is 6.07 Å². The number of nitrogens with two attached hydrogens (primary N) is 1. The van der Waals surface area contributed by atoms with Crippen molar-refractivity contribution in [3.8, 4) is 22.9 Å². The molecule has 0 saturated heterocycles. The lowest BCUT2D eigenvalue weighted by Crippen LogP contribution is -2.33. The highest BCUT2D eigenvalue weighted by atomic mass is 19.1. The van der Waals surface area contributed by atoms with Crippen molar-refractivity contribution >= 4 is 17.5 Å². The summed E-state index contributed by atoms with van der Waals surface area (Å²) in [6.45, 7) is 1.73. The van der Waals surface area contributed by atoms with Crippen LogP contribution < -0.4 is 21.1 Å². The molecule has 182 valence electrons. The second kappa shape index (κ2) is 9.95. The van der Waals surface area contributed by atoms with Crippen LogP contribution in [0.4, 0.5) is 16.0 Å². The van der Waals surface area contributed by atoms with Gasteiger partial charge >= 0.3 is 0 Å². The molecule has 4 N–H and O–H groups in total. The number of hydrogen-bond donors (Lipinski definition) is 3. The molecule has 2 aliphatic rings. The number of rotatable bonds is 7. The molecule has 0 atom stereocenters. The van der Waals surface area contributed by atoms with Crippen LogP contribution in [0.1, 0.15) is 44.1 Å². The zero-order chi connectivity index (χ0) is 24.4. The summed E-state index contributed by atoms with van der Waals surface area (Å²) in [5.41, 5.74) is 8.21. The predicted octanol–water partition coefficient (Wildman–Crippen LogP) is 4.81. The smallest absolute Gasteiger partial charge is 0.228 e. The molecule has 2 fully saturated rings. The van der Waals surface area contributed by atoms with Crippen LogP contribution in [0.15, 0.2) is 42.7 Å². The van der Waals surface area contributed by atoms with Crippen LogP contribution in [0, 0.1) is 18.7 Å². The van der Waals surface area contributed by atoms with Crippen molar-refractivity contribution in [1.82, 2.24) is 15.0 Å². The summed E-state index contributed by atoms with van der Waals surface area (Å²) in [5.74, 6) is 0.198. The van der Waals surface area contributed by atoms with Gasteiger partial charge in [0.2, 0.25) is 17.7 Å². The van der Waals surface area contributed by atoms with E-state index in [0.29, 0.717) is 28.5 Å². The largest absolute Gasteiger partial charge is 0.435 e. The number of aromatic nitrogens is 3. The summed E-state index contributed by atoms with van der Waals surface area (Å²) in [5, 5.41) is 6.17. The molecule has 0 unspecified atom stereocenters. The van der Waals surface area contributed by atoms with Crippen molar-refractivity contribution in [2.75, 3.05) is 10.6 Å². The van der Waals surface area contributed by atoms with Crippen molar-refractivity contribution in [1.29, 1.82) is 0 Å². The van der Waals surface area contributed by atoms with Gasteiger partial charge in [-0.05, 0) is 75.3 Å². The van der Waals surface area contributed by atoms with E-state index in [4.69, 9.17) is 10.5 Å². The maximum Gasteiger partial charge on any atom is 0.228 e. The Hall–Kier alpha value is -3.59. The summed E-state index contributed by atoms with van der Waals surface area (Å²) in [4.78, 5) is 25.4. The molecule has 1 aromatic carbocycles. The number of hydrogen-bond acceptors (Lipinski definition) is 7. The number of anilines is 2. The van der Waals surface area contributed by atoms with Crippen molar-refractivity contribution in [3.63, 3.8) is 0 Å². The molecule has 3 aromatic rings. The second-order valence-electron chi connectivity index (χ2n) is 9.35. The molecule has 1 amide bonds. The molecule has 2 aliphatic carbocycles. The Morgan fingerprint density at radius 3 is 2.63 bits per heavy atom. The van der Waals surface area contributed by atoms with Crippen molar-refractivity contribution in [3.05, 3.63) is 54.1 Å². The number of pyridine rings is 1. The SMILES string of the molecule is Cc1cc(NC(=O)C2CC2)cc(F)c1Oc1ncccc1-c1ccnc(NC2CCC(N)CC2)n1. The van der Waals surface area contributed by atoms with Gasteiger partial charge < -0.3 is 21.1 Å². The summed E-state index contributed by atoms with van der Waals surface area (Å²) in [6, 6.07) is 8.89. The molecule has 0 spiro atoms. The first-order valence-corrected chi connectivity index (χ1v) is 12.1. The number of halogens is 1. The molecular weight excluding hydrogens is 447 g/mol. The number of nitrogens with one attached hydrogen (secondary N) is 2. The second-order valence-corrected chi connectivity index (χ2v) is 9.35. The zero-order valence-corrected chi connectivity index (χ0v) is 19.6. The fourth-order valence-electron chi connectivity index (χ4n) is 4.31. The van der Waals surface area contributed by atoms with E-state index in [2.05, 4.69) is 25.6 Å². The Labute approximate surface area is 203 Å². The minimum absolute atomic E-state index is 0.0355. The Bertz CT molecular complexity index is 1200. The number of carbonyl (C=O) groups excluding carboxylic acids is 1. The van der Waals surface area contributed by atoms with E-state index in [0.717, 1.165) is 38.5 Å². The van der Waals surface area contributed by atoms with Crippen LogP contribution >= 0.6 is 0 Å². The van der Waals surface area contributed by atoms with E-state index in [-0.39, 0.29) is 35.5 Å². The van der Waals surface area contributed by atoms with Gasteiger partial charge in [0, 0.05) is 42.1 Å². The van der Waals surface area contributed by atoms with Crippen LogP contribution in [-0.2, 0) is 4.79 Å². The highest BCUT2D eigenvalue weighted by molar-refractivity contribution is 5.94. The topological polar surface area (TPSA) is 115 Å². The zero-order valence-electron chi connectivity index (χ0n) is 19.6. The molecule has 5 rings (SSSR count). The normalized spacial score (nSPS) is 19.7. The van der Waals surface area contributed by atoms with E-state index in [9.17, 15) is 4.79 Å². The molecule has 8 nitrogen and oxygen atoms in total. The fraction of sp³-hybridized carbons (Fsp3) is 0.385. The Kier molecular flexibility index (Phi) is 6.59. The number of amides is 1. The van der Waals surface area contributed by atoms with Crippen LogP contribution in [0.3, 0.4) is 0 Å². The summed E-state index contributed by atoms with van der Waals surface area (Å²) >= 11 is 0. The molecule has 0 bridgehead atoms. The minimum Gasteiger partial charge on any atom is -0.435 e. The van der Waals surface area contributed by atoms with E-state index < -0.39 is 5.82 Å². The lowest BCUT2D eigenvalue weighted by molar-refractivity contribution is -0.117. The number of nitrogens with zero attached hydrogens (tertiary/aromatic N) is 3. The van der Waals surface area contributed by atoms with Crippen LogP contribution in [0.2, 0.25) is 0 Å². The maximum atomic E-state index is 15.0. The van der Waals surface area contributed by atoms with E-state index in [1.54, 1.807) is 37.5 Å². The summed E-state index contributed by atoms with van der Waals surface area (Å²) in [7, 11) is 0. The first kappa shape index (κ1) is 23.2. The number of benzene rings is 1. The number of carbonyl (C=O) groups is 1. The average Bonchev–Trinajstić information content (AvgIpc) is 3.69. The molecule has 0 aliphatic heterocycles. The Morgan fingerprint density at radius 2 is 1.89 bits per heavy atom. The highest BCUT2D eigenvalue weighted by Crippen LogP contribution is 2.36. The summed E-state index contributed by atoms with van der Waals surface area (Å²) < 4.78 is 21.0. The number of aryl methyl sites for hydroxylation is 1. The van der Waals surface area contributed by atoms with Gasteiger partial charge in [-0.1, -0.05) is 0 Å². The van der Waals surface area contributed by atoms with Gasteiger partial charge in [-0.2, -0.15) is 0 Å². The maximum absolute atomic E-state index is 15.0. The van der Waals surface area contributed by atoms with Gasteiger partial charge in [-0.25, -0.2) is 19.3 Å². The first-order chi connectivity index (χ1) is 17.0. The number of ether oxygens (including phenoxy) is 1. The van der Waals surface area contributed by atoms with Gasteiger partial charge in [0.05, 0.1) is 11.3 Å². The van der Waals surface area contributed by atoms with Gasteiger partial charge in [0.25, 0.3) is 0 Å². The fourth-order valence-corrected chi connectivity index (χ4v) is 4.31. The third kappa shape index (κ3) is 5.57. The van der Waals surface area contributed by atoms with Crippen LogP contribution in [-0.4, -0.2) is 32.9 Å². The summed E-state index contributed by atoms with van der Waals surface area (Å²) in [6.07, 6.45) is 8.94. The van der Waals surface area contributed by atoms with Gasteiger partial charge in [0.15, 0.2) is 11.6 Å². The Morgan fingerprint density at radius 1 is 1.09 bits per heavy atom. The molecule has 9 heteroatoms. The van der Waals surface area contributed by atoms with Crippen LogP contribution in [0.25, 0.3) is 11.3 Å². The lowest BCUT2D eigenvalue weighted by Gasteiger charge is -2.26. The third-order valence-electron chi connectivity index (χ3n) is 6.45. The highest BCUT2D eigenvalue weighted by Gasteiger charge is 2.30. The molecule has 35 heavy (non-hydrogen) atoms. The van der Waals surface area contributed by atoms with Crippen molar-refractivity contribution < 1.29 is 13.9 Å². The predicted molar refractivity (Wildman–Crippen MR) is 132 cm³/mol. The molecule has 0 radical (unpaired) electrons. The van der Waals surface area contributed by atoms with Gasteiger partial charge in [-0.15, -0.1) is 0 Å². The van der Waals surface area contributed by atoms with E-state index >= 15 is 4.39 Å². The average molecular weight is 477 g/mol. The molecule has 2 aromatic heterocycles. The first-order valence-electron chi connectivity index (χ1n) is 12.1. The van der Waals surface area contributed by atoms with Crippen LogP contribution in [0.5, 0.6) is 11.6 Å². The molecule has 2 heterocycles. The third-order valence-corrected chi connectivity index (χ3v) is 6.45. The van der Waals surface area contributed by atoms with Crippen molar-refractivity contribution in [2.24, 2.45) is 11.7 Å². The lowest BCUT2D eigenvalue weighted by atomic mass is 9.92. The standard InChI is InChI=1S/C26H29FN6O2/c1-15-13-19(31-24(34)16-4-5-16)14-21(27)23(15)35-25-20(3-2-11-29-25)22-10-12-30-26(33-22)32-18-8-6-17(28)7-9-18/h2-3,10-14,16-18H,4-9,28H2,1H3,(H,31,34)(H,30,32,33). The van der Waals surface area contributed by atoms with E-state index in [1.165, 1.54) is 6.07 Å². The van der Waals surface area contributed by atoms with Crippen molar-refractivity contribution in [2.45, 2.75) is 57.5 Å². The minimum atomic E-state index is -0.576. The van der Waals surface area contributed by atoms with Gasteiger partial charge in [0.1, 0.15) is 0 Å². The van der Waals surface area contributed by atoms with Gasteiger partial charge in [-0.3, -0.25) is 4.79 Å². The molecule has 2 saturated carbocycles. The quantitative estimate of drug-likeness (QED) is 0.448. The monoisotopic (exact) mass is 476 g/mol.